The van der Waals surface area contributed by atoms with Gasteiger partial charge in [0.15, 0.2) is 0 Å². The van der Waals surface area contributed by atoms with E-state index in [0.29, 0.717) is 10.3 Å². The van der Waals surface area contributed by atoms with Gasteiger partial charge in [-0.3, -0.25) is 0 Å². The molecule has 0 aliphatic carbocycles. The monoisotopic (exact) mass is 286 g/mol. The zero-order valence-electron chi connectivity index (χ0n) is 13.3. The lowest BCUT2D eigenvalue weighted by Crippen LogP contribution is -2.29. The smallest absolute Gasteiger partial charge is 0.0136 e. The molecule has 0 amide bonds. The Balaban J connectivity index is 2.15. The first-order valence-corrected chi connectivity index (χ1v) is 10.9. The average Bonchev–Trinajstić information content (AvgIpc) is 2.83. The summed E-state index contributed by atoms with van der Waals surface area (Å²) >= 11 is 0. The van der Waals surface area contributed by atoms with Crippen LogP contribution in [0, 0.1) is 0 Å². The van der Waals surface area contributed by atoms with Gasteiger partial charge in [0.1, 0.15) is 0 Å². The van der Waals surface area contributed by atoms with Crippen LogP contribution in [0.2, 0.25) is 0 Å². The molecule has 0 aromatic heterocycles. The highest BCUT2D eigenvalue weighted by molar-refractivity contribution is 7.64. The maximum atomic E-state index is 2.51. The van der Waals surface area contributed by atoms with Gasteiger partial charge in [-0.2, -0.15) is 0 Å². The Labute approximate surface area is 117 Å². The molecule has 0 N–H and O–H groups in total. The van der Waals surface area contributed by atoms with Gasteiger partial charge < -0.3 is 0 Å². The molecule has 18 heavy (non-hydrogen) atoms. The Bertz CT molecular complexity index is 254. The van der Waals surface area contributed by atoms with Gasteiger partial charge in [-0.15, -0.1) is 0 Å². The highest BCUT2D eigenvalue weighted by Gasteiger charge is 2.46. The van der Waals surface area contributed by atoms with E-state index in [-0.39, 0.29) is 15.8 Å². The fourth-order valence-corrected chi connectivity index (χ4v) is 12.2. The zero-order valence-corrected chi connectivity index (χ0v) is 15.1. The van der Waals surface area contributed by atoms with E-state index in [2.05, 4.69) is 41.5 Å². The van der Waals surface area contributed by atoms with E-state index in [1.165, 1.54) is 12.8 Å². The molecule has 2 heteroatoms. The molecule has 2 aliphatic rings. The number of rotatable bonds is 1. The molecular weight excluding hydrogens is 254 g/mol. The molecule has 2 fully saturated rings. The van der Waals surface area contributed by atoms with Crippen LogP contribution < -0.4 is 0 Å². The molecule has 106 valence electrons. The Morgan fingerprint density at radius 2 is 1.00 bits per heavy atom. The Morgan fingerprint density at radius 3 is 1.28 bits per heavy atom. The van der Waals surface area contributed by atoms with E-state index in [4.69, 9.17) is 0 Å². The second-order valence-electron chi connectivity index (χ2n) is 8.15. The minimum absolute atomic E-state index is 0.282. The summed E-state index contributed by atoms with van der Waals surface area (Å²) in [7, 11) is 0.564. The van der Waals surface area contributed by atoms with E-state index < -0.39 is 0 Å². The summed E-state index contributed by atoms with van der Waals surface area (Å²) in [5.41, 5.74) is 2.24. The summed E-state index contributed by atoms with van der Waals surface area (Å²) in [5.74, 6) is 0. The first-order chi connectivity index (χ1) is 8.21. The first-order valence-electron chi connectivity index (χ1n) is 7.75. The average molecular weight is 286 g/mol. The van der Waals surface area contributed by atoms with Gasteiger partial charge >= 0.3 is 0 Å². The predicted octanol–water partition coefficient (Wildman–Crippen LogP) is 5.87. The third-order valence-electron chi connectivity index (χ3n) is 4.77. The fraction of sp³-hybridized carbons (Fsp3) is 1.00. The molecule has 2 rings (SSSR count). The van der Waals surface area contributed by atoms with Gasteiger partial charge in [0.2, 0.25) is 0 Å². The Morgan fingerprint density at radius 1 is 0.667 bits per heavy atom. The van der Waals surface area contributed by atoms with Crippen LogP contribution in [0.5, 0.6) is 0 Å². The third kappa shape index (κ3) is 3.12. The predicted molar refractivity (Wildman–Crippen MR) is 89.1 cm³/mol. The van der Waals surface area contributed by atoms with Crippen LogP contribution in [0.1, 0.15) is 67.2 Å². The first kappa shape index (κ1) is 15.3. The lowest BCUT2D eigenvalue weighted by molar-refractivity contribution is 0.671. The van der Waals surface area contributed by atoms with Crippen molar-refractivity contribution in [1.29, 1.82) is 0 Å². The van der Waals surface area contributed by atoms with Crippen molar-refractivity contribution in [2.45, 2.75) is 88.9 Å². The molecule has 2 saturated heterocycles. The van der Waals surface area contributed by atoms with Crippen molar-refractivity contribution in [2.75, 3.05) is 12.3 Å². The highest BCUT2D eigenvalue weighted by atomic mass is 31.1. The molecule has 4 atom stereocenters. The minimum atomic E-state index is 0.282. The molecule has 2 heterocycles. The van der Waals surface area contributed by atoms with Crippen LogP contribution in [0.3, 0.4) is 0 Å². The van der Waals surface area contributed by atoms with Crippen molar-refractivity contribution >= 4 is 15.8 Å². The van der Waals surface area contributed by atoms with Gasteiger partial charge in [0, 0.05) is 0 Å². The third-order valence-corrected chi connectivity index (χ3v) is 12.9. The molecule has 0 spiro atoms. The summed E-state index contributed by atoms with van der Waals surface area (Å²) in [5, 5.41) is 1.19. The molecule has 0 bridgehead atoms. The van der Waals surface area contributed by atoms with Gasteiger partial charge in [-0.25, -0.2) is 0 Å². The van der Waals surface area contributed by atoms with Crippen LogP contribution in [0.25, 0.3) is 0 Å². The van der Waals surface area contributed by atoms with Gasteiger partial charge in [-0.05, 0) is 59.6 Å². The van der Waals surface area contributed by atoms with Crippen LogP contribution in [-0.4, -0.2) is 34.0 Å². The van der Waals surface area contributed by atoms with Crippen LogP contribution >= 0.6 is 15.8 Å². The van der Waals surface area contributed by atoms with Crippen molar-refractivity contribution in [3.8, 4) is 0 Å². The van der Waals surface area contributed by atoms with E-state index in [1.54, 1.807) is 25.2 Å². The SMILES string of the molecule is CC(C)(C)[P@@]1CCCC1[C@H]1CCC[P@]1C(C)(C)C. The molecule has 0 nitrogen and oxygen atoms in total. The quantitative estimate of drug-likeness (QED) is 0.529. The Hall–Kier alpha value is 0.860. The van der Waals surface area contributed by atoms with Gasteiger partial charge in [0.05, 0.1) is 0 Å². The van der Waals surface area contributed by atoms with E-state index >= 15 is 0 Å². The van der Waals surface area contributed by atoms with Crippen molar-refractivity contribution in [3.05, 3.63) is 0 Å². The maximum absolute atomic E-state index is 2.51. The van der Waals surface area contributed by atoms with Crippen molar-refractivity contribution < 1.29 is 0 Å². The zero-order chi connectivity index (χ0) is 13.6. The lowest BCUT2D eigenvalue weighted by atomic mass is 10.1. The molecule has 0 aromatic carbocycles. The fourth-order valence-electron chi connectivity index (χ4n) is 4.05. The number of hydrogen-bond acceptors (Lipinski definition) is 0. The summed E-state index contributed by atoms with van der Waals surface area (Å²) in [6.07, 6.45) is 9.29. The van der Waals surface area contributed by atoms with Crippen molar-refractivity contribution in [2.24, 2.45) is 0 Å². The second-order valence-corrected chi connectivity index (χ2v) is 14.9. The summed E-state index contributed by atoms with van der Waals surface area (Å²) in [6.45, 7) is 15.0. The van der Waals surface area contributed by atoms with E-state index in [1.807, 2.05) is 0 Å². The second kappa shape index (κ2) is 5.33. The molecule has 0 radical (unpaired) electrons. The van der Waals surface area contributed by atoms with Crippen LogP contribution in [0.15, 0.2) is 0 Å². The van der Waals surface area contributed by atoms with Crippen LogP contribution in [-0.2, 0) is 0 Å². The van der Waals surface area contributed by atoms with Crippen molar-refractivity contribution in [3.63, 3.8) is 0 Å². The van der Waals surface area contributed by atoms with Gasteiger partial charge in [0.25, 0.3) is 0 Å². The number of hydrogen-bond donors (Lipinski definition) is 0. The molecule has 0 saturated carbocycles. The molecule has 2 aliphatic heterocycles. The van der Waals surface area contributed by atoms with Crippen molar-refractivity contribution in [1.82, 2.24) is 0 Å². The molecule has 1 unspecified atom stereocenters. The van der Waals surface area contributed by atoms with E-state index in [9.17, 15) is 0 Å². The highest BCUT2D eigenvalue weighted by Crippen LogP contribution is 2.69. The summed E-state index contributed by atoms with van der Waals surface area (Å²) < 4.78 is 0. The van der Waals surface area contributed by atoms with E-state index in [0.717, 1.165) is 11.3 Å². The van der Waals surface area contributed by atoms with Gasteiger partial charge in [-0.1, -0.05) is 57.4 Å². The molecule has 0 aromatic rings. The topological polar surface area (TPSA) is 0 Å². The van der Waals surface area contributed by atoms with Crippen LogP contribution in [0.4, 0.5) is 0 Å². The standard InChI is InChI=1S/C16H32P2/c1-15(2,3)17-11-7-9-13(17)14-10-8-12-18(14)16(4,5)6/h13-14H,7-12H2,1-6H3/t13-,14?,17+,18+/m1/s1. The maximum Gasteiger partial charge on any atom is -0.0136 e. The Kier molecular flexibility index (Phi) is 4.52. The minimum Gasteiger partial charge on any atom is -0.0974 e. The molecular formula is C16H32P2. The summed E-state index contributed by atoms with van der Waals surface area (Å²) in [4.78, 5) is 0. The summed E-state index contributed by atoms with van der Waals surface area (Å²) in [6, 6.07) is 0. The largest absolute Gasteiger partial charge is 0.0974 e. The normalized spacial score (nSPS) is 38.3. The lowest BCUT2D eigenvalue weighted by Gasteiger charge is -2.42.